The lowest BCUT2D eigenvalue weighted by Crippen LogP contribution is -2.22. The highest BCUT2D eigenvalue weighted by molar-refractivity contribution is 6.05. The second-order valence-corrected chi connectivity index (χ2v) is 6.67. The van der Waals surface area contributed by atoms with E-state index < -0.39 is 17.5 Å². The number of amides is 1. The number of nitrogens with zero attached hydrogens (tertiary/aromatic N) is 2. The van der Waals surface area contributed by atoms with E-state index >= 15 is 0 Å². The van der Waals surface area contributed by atoms with E-state index in [0.29, 0.717) is 22.5 Å². The van der Waals surface area contributed by atoms with Crippen LogP contribution >= 0.6 is 0 Å². The second kappa shape index (κ2) is 8.35. The van der Waals surface area contributed by atoms with Crippen molar-refractivity contribution >= 4 is 28.4 Å². The summed E-state index contributed by atoms with van der Waals surface area (Å²) in [5, 5.41) is 3.25. The van der Waals surface area contributed by atoms with Crippen LogP contribution in [0.4, 0.5) is 20.3 Å². The molecular formula is C23H17F2N3O3. The van der Waals surface area contributed by atoms with Crippen LogP contribution in [0.15, 0.2) is 70.1 Å². The Morgan fingerprint density at radius 3 is 2.68 bits per heavy atom. The van der Waals surface area contributed by atoms with Gasteiger partial charge in [0.1, 0.15) is 28.7 Å². The fraction of sp³-hybridized carbons (Fsp3) is 0.0870. The van der Waals surface area contributed by atoms with Crippen molar-refractivity contribution in [2.75, 3.05) is 12.4 Å². The van der Waals surface area contributed by atoms with Gasteiger partial charge in [-0.2, -0.15) is 0 Å². The first-order chi connectivity index (χ1) is 14.9. The summed E-state index contributed by atoms with van der Waals surface area (Å²) in [5.41, 5.74) is 0.545. The van der Waals surface area contributed by atoms with Crippen molar-refractivity contribution in [3.8, 4) is 5.75 Å². The quantitative estimate of drug-likeness (QED) is 0.508. The molecule has 4 aromatic rings. The number of nitrogens with one attached hydrogen (secondary N) is 1. The number of aromatic nitrogens is 1. The number of anilines is 1. The van der Waals surface area contributed by atoms with Gasteiger partial charge in [-0.3, -0.25) is 4.79 Å². The van der Waals surface area contributed by atoms with E-state index in [1.165, 1.54) is 7.11 Å². The Bertz CT molecular complexity index is 1370. The Labute approximate surface area is 175 Å². The van der Waals surface area contributed by atoms with Crippen molar-refractivity contribution in [3.05, 3.63) is 89.1 Å². The SMILES string of the molecule is COc1cccc2cc(C(=O)Nc3cccc(C)n3)c(=Nc3cc(F)ccc3F)oc12. The molecule has 1 N–H and O–H groups in total. The van der Waals surface area contributed by atoms with Crippen LogP contribution in [0.2, 0.25) is 0 Å². The number of hydrogen-bond acceptors (Lipinski definition) is 5. The summed E-state index contributed by atoms with van der Waals surface area (Å²) in [6.07, 6.45) is 0. The monoisotopic (exact) mass is 421 g/mol. The number of fused-ring (bicyclic) bond motifs is 1. The van der Waals surface area contributed by atoms with E-state index in [9.17, 15) is 13.6 Å². The highest BCUT2D eigenvalue weighted by atomic mass is 19.1. The number of aryl methyl sites for hydroxylation is 1. The number of para-hydroxylation sites is 1. The zero-order valence-electron chi connectivity index (χ0n) is 16.6. The van der Waals surface area contributed by atoms with Crippen LogP contribution in [0.1, 0.15) is 16.1 Å². The molecule has 8 heteroatoms. The highest BCUT2D eigenvalue weighted by Crippen LogP contribution is 2.25. The molecule has 31 heavy (non-hydrogen) atoms. The van der Waals surface area contributed by atoms with Gasteiger partial charge in [0.2, 0.25) is 5.55 Å². The third-order valence-corrected chi connectivity index (χ3v) is 4.46. The number of methoxy groups -OCH3 is 1. The van der Waals surface area contributed by atoms with Crippen LogP contribution < -0.4 is 15.6 Å². The van der Waals surface area contributed by atoms with Gasteiger partial charge in [0, 0.05) is 17.1 Å². The molecule has 0 aliphatic rings. The van der Waals surface area contributed by atoms with Gasteiger partial charge < -0.3 is 14.5 Å². The van der Waals surface area contributed by atoms with E-state index in [0.717, 1.165) is 23.9 Å². The first-order valence-corrected chi connectivity index (χ1v) is 9.30. The summed E-state index contributed by atoms with van der Waals surface area (Å²) in [7, 11) is 1.47. The van der Waals surface area contributed by atoms with Crippen LogP contribution in [0.25, 0.3) is 11.0 Å². The Balaban J connectivity index is 1.92. The number of benzene rings is 2. The van der Waals surface area contributed by atoms with Crippen molar-refractivity contribution in [2.24, 2.45) is 4.99 Å². The molecule has 0 spiro atoms. The van der Waals surface area contributed by atoms with Gasteiger partial charge in [-0.1, -0.05) is 18.2 Å². The standard InChI is InChI=1S/C23H17F2N3O3/c1-13-5-3-8-20(26-13)28-22(29)16-11-14-6-4-7-19(30-2)21(14)31-23(16)27-18-12-15(24)9-10-17(18)25/h3-12H,1-2H3,(H,26,28,29). The van der Waals surface area contributed by atoms with Crippen LogP contribution in [0.3, 0.4) is 0 Å². The summed E-state index contributed by atoms with van der Waals surface area (Å²) >= 11 is 0. The number of carbonyl (C=O) groups excluding carboxylic acids is 1. The average molecular weight is 421 g/mol. The maximum atomic E-state index is 14.2. The zero-order chi connectivity index (χ0) is 22.0. The van der Waals surface area contributed by atoms with Crippen molar-refractivity contribution in [2.45, 2.75) is 6.92 Å². The third-order valence-electron chi connectivity index (χ3n) is 4.46. The van der Waals surface area contributed by atoms with Gasteiger partial charge >= 0.3 is 0 Å². The van der Waals surface area contributed by atoms with Crippen molar-refractivity contribution in [1.29, 1.82) is 0 Å². The topological polar surface area (TPSA) is 76.7 Å². The molecule has 0 radical (unpaired) electrons. The minimum Gasteiger partial charge on any atom is -0.493 e. The molecule has 0 saturated heterocycles. The minimum atomic E-state index is -0.761. The lowest BCUT2D eigenvalue weighted by molar-refractivity contribution is 0.102. The minimum absolute atomic E-state index is 0.0210. The van der Waals surface area contributed by atoms with E-state index in [-0.39, 0.29) is 16.8 Å². The van der Waals surface area contributed by atoms with Gasteiger partial charge in [-0.05, 0) is 43.3 Å². The van der Waals surface area contributed by atoms with E-state index in [1.807, 2.05) is 0 Å². The normalized spacial score (nSPS) is 11.5. The Morgan fingerprint density at radius 1 is 1.10 bits per heavy atom. The maximum absolute atomic E-state index is 14.2. The number of hydrogen-bond donors (Lipinski definition) is 1. The number of halogens is 2. The molecule has 1 amide bonds. The summed E-state index contributed by atoms with van der Waals surface area (Å²) in [5.74, 6) is -1.27. The maximum Gasteiger partial charge on any atom is 0.262 e. The molecule has 0 atom stereocenters. The molecule has 2 heterocycles. The van der Waals surface area contributed by atoms with Gasteiger partial charge in [0.05, 0.1) is 7.11 Å². The molecule has 6 nitrogen and oxygen atoms in total. The van der Waals surface area contributed by atoms with Crippen LogP contribution in [0.5, 0.6) is 5.75 Å². The first kappa shape index (κ1) is 20.2. The predicted molar refractivity (Wildman–Crippen MR) is 111 cm³/mol. The number of carbonyl (C=O) groups is 1. The lowest BCUT2D eigenvalue weighted by Gasteiger charge is -2.09. The molecule has 156 valence electrons. The van der Waals surface area contributed by atoms with Gasteiger partial charge in [0.15, 0.2) is 11.3 Å². The lowest BCUT2D eigenvalue weighted by atomic mass is 10.1. The molecule has 0 fully saturated rings. The van der Waals surface area contributed by atoms with E-state index in [4.69, 9.17) is 9.15 Å². The summed E-state index contributed by atoms with van der Waals surface area (Å²) in [4.78, 5) is 21.4. The van der Waals surface area contributed by atoms with E-state index in [1.54, 1.807) is 49.4 Å². The number of pyridine rings is 1. The van der Waals surface area contributed by atoms with Gasteiger partial charge in [0.25, 0.3) is 5.91 Å². The Morgan fingerprint density at radius 2 is 1.90 bits per heavy atom. The average Bonchev–Trinajstić information content (AvgIpc) is 2.75. The molecule has 0 bridgehead atoms. The van der Waals surface area contributed by atoms with Crippen LogP contribution in [0, 0.1) is 18.6 Å². The molecule has 0 aliphatic heterocycles. The van der Waals surface area contributed by atoms with Crippen molar-refractivity contribution in [3.63, 3.8) is 0 Å². The Hall–Kier alpha value is -4.07. The predicted octanol–water partition coefficient (Wildman–Crippen LogP) is 4.91. The smallest absolute Gasteiger partial charge is 0.262 e. The van der Waals surface area contributed by atoms with Crippen LogP contribution in [-0.4, -0.2) is 18.0 Å². The van der Waals surface area contributed by atoms with Gasteiger partial charge in [-0.15, -0.1) is 0 Å². The Kier molecular flexibility index (Phi) is 5.44. The largest absolute Gasteiger partial charge is 0.493 e. The number of rotatable bonds is 4. The van der Waals surface area contributed by atoms with Crippen LogP contribution in [-0.2, 0) is 0 Å². The fourth-order valence-corrected chi connectivity index (χ4v) is 3.01. The summed E-state index contributed by atoms with van der Waals surface area (Å²) in [6.45, 7) is 1.79. The summed E-state index contributed by atoms with van der Waals surface area (Å²) in [6, 6.07) is 14.7. The molecule has 2 aromatic carbocycles. The molecular weight excluding hydrogens is 404 g/mol. The van der Waals surface area contributed by atoms with Crippen molar-refractivity contribution in [1.82, 2.24) is 4.98 Å². The zero-order valence-corrected chi connectivity index (χ0v) is 16.6. The third kappa shape index (κ3) is 4.28. The highest BCUT2D eigenvalue weighted by Gasteiger charge is 2.16. The number of ether oxygens (including phenoxy) is 1. The molecule has 0 aliphatic carbocycles. The summed E-state index contributed by atoms with van der Waals surface area (Å²) < 4.78 is 39.0. The van der Waals surface area contributed by atoms with Gasteiger partial charge in [-0.25, -0.2) is 18.8 Å². The molecule has 4 rings (SSSR count). The first-order valence-electron chi connectivity index (χ1n) is 9.30. The fourth-order valence-electron chi connectivity index (χ4n) is 3.01. The van der Waals surface area contributed by atoms with Crippen molar-refractivity contribution < 1.29 is 22.7 Å². The second-order valence-electron chi connectivity index (χ2n) is 6.67. The molecule has 2 aromatic heterocycles. The van der Waals surface area contributed by atoms with E-state index in [2.05, 4.69) is 15.3 Å². The molecule has 0 unspecified atom stereocenters. The molecule has 0 saturated carbocycles.